The van der Waals surface area contributed by atoms with Crippen LogP contribution in [-0.2, 0) is 9.84 Å². The fraction of sp³-hybridized carbons (Fsp3) is 0.750. The summed E-state index contributed by atoms with van der Waals surface area (Å²) in [5.41, 5.74) is 5.85. The second-order valence-corrected chi connectivity index (χ2v) is 8.85. The van der Waals surface area contributed by atoms with Crippen LogP contribution in [0.4, 0.5) is 10.8 Å². The van der Waals surface area contributed by atoms with Gasteiger partial charge in [-0.2, -0.15) is 4.37 Å². The predicted octanol–water partition coefficient (Wildman–Crippen LogP) is 1.65. The fourth-order valence-electron chi connectivity index (χ4n) is 3.45. The third-order valence-electron chi connectivity index (χ3n) is 4.58. The maximum absolute atomic E-state index is 12.5. The van der Waals surface area contributed by atoms with E-state index in [4.69, 9.17) is 5.73 Å². The van der Waals surface area contributed by atoms with Crippen LogP contribution >= 0.6 is 11.5 Å². The first-order valence-electron chi connectivity index (χ1n) is 6.83. The van der Waals surface area contributed by atoms with Gasteiger partial charge in [-0.25, -0.2) is 8.42 Å². The van der Waals surface area contributed by atoms with Crippen LogP contribution in [0.2, 0.25) is 0 Å². The number of nitrogens with zero attached hydrogens (tertiary/aromatic N) is 2. The minimum Gasteiger partial charge on any atom is -0.382 e. The lowest BCUT2D eigenvalue weighted by Gasteiger charge is -2.28. The van der Waals surface area contributed by atoms with Gasteiger partial charge in [0.15, 0.2) is 15.7 Å². The molecule has 2 unspecified atom stereocenters. The quantitative estimate of drug-likeness (QED) is 0.918. The van der Waals surface area contributed by atoms with Crippen LogP contribution in [0.3, 0.4) is 0 Å². The highest BCUT2D eigenvalue weighted by Crippen LogP contribution is 2.47. The zero-order chi connectivity index (χ0) is 13.2. The standard InChI is InChI=1S/C12H17N3O2S2/c13-11-10(19(16,17)9-3-4-9)12(18-14-11)15-6-7-1-2-8(15)5-7/h7-9H,1-6H2,(H2,13,14). The Bertz CT molecular complexity index is 621. The molecule has 1 saturated heterocycles. The molecular formula is C12H17N3O2S2. The van der Waals surface area contributed by atoms with E-state index >= 15 is 0 Å². The maximum Gasteiger partial charge on any atom is 0.187 e. The lowest BCUT2D eigenvalue weighted by atomic mass is 10.1. The van der Waals surface area contributed by atoms with Gasteiger partial charge in [-0.3, -0.25) is 0 Å². The van der Waals surface area contributed by atoms with E-state index in [1.54, 1.807) is 0 Å². The summed E-state index contributed by atoms with van der Waals surface area (Å²) in [6.45, 7) is 0.972. The van der Waals surface area contributed by atoms with Crippen LogP contribution in [0.15, 0.2) is 4.90 Å². The molecule has 2 N–H and O–H groups in total. The van der Waals surface area contributed by atoms with E-state index in [-0.39, 0.29) is 11.1 Å². The van der Waals surface area contributed by atoms with E-state index in [1.165, 1.54) is 30.8 Å². The van der Waals surface area contributed by atoms with E-state index in [1.807, 2.05) is 0 Å². The molecule has 104 valence electrons. The summed E-state index contributed by atoms with van der Waals surface area (Å²) in [5, 5.41) is 0.585. The van der Waals surface area contributed by atoms with Gasteiger partial charge < -0.3 is 10.6 Å². The van der Waals surface area contributed by atoms with E-state index in [9.17, 15) is 8.42 Å². The molecule has 3 aliphatic rings. The van der Waals surface area contributed by atoms with E-state index < -0.39 is 9.84 Å². The summed E-state index contributed by atoms with van der Waals surface area (Å²) in [5.74, 6) is 0.930. The fourth-order valence-corrected chi connectivity index (χ4v) is 6.55. The Labute approximate surface area is 116 Å². The summed E-state index contributed by atoms with van der Waals surface area (Å²) in [6, 6.07) is 0.498. The number of sulfone groups is 1. The molecular weight excluding hydrogens is 282 g/mol. The van der Waals surface area contributed by atoms with Crippen molar-refractivity contribution >= 4 is 32.2 Å². The SMILES string of the molecule is Nc1nsc(N2CC3CCC2C3)c1S(=O)(=O)C1CC1. The van der Waals surface area contributed by atoms with Crippen molar-refractivity contribution < 1.29 is 8.42 Å². The van der Waals surface area contributed by atoms with Crippen molar-refractivity contribution in [2.75, 3.05) is 17.2 Å². The molecule has 0 radical (unpaired) electrons. The van der Waals surface area contributed by atoms with Crippen molar-refractivity contribution in [1.82, 2.24) is 4.37 Å². The Morgan fingerprint density at radius 2 is 2.05 bits per heavy atom. The Balaban J connectivity index is 1.77. The molecule has 2 aliphatic carbocycles. The summed E-state index contributed by atoms with van der Waals surface area (Å²) in [6.07, 6.45) is 5.18. The van der Waals surface area contributed by atoms with Crippen molar-refractivity contribution in [1.29, 1.82) is 0 Å². The van der Waals surface area contributed by atoms with Crippen molar-refractivity contribution in [2.45, 2.75) is 48.3 Å². The van der Waals surface area contributed by atoms with Gasteiger partial charge in [-0.05, 0) is 49.6 Å². The lowest BCUT2D eigenvalue weighted by Crippen LogP contribution is -2.32. The van der Waals surface area contributed by atoms with E-state index in [0.29, 0.717) is 10.9 Å². The predicted molar refractivity (Wildman–Crippen MR) is 75.2 cm³/mol. The van der Waals surface area contributed by atoms with Crippen LogP contribution < -0.4 is 10.6 Å². The Morgan fingerprint density at radius 1 is 1.26 bits per heavy atom. The Kier molecular flexibility index (Phi) is 2.42. The largest absolute Gasteiger partial charge is 0.382 e. The molecule has 1 aromatic rings. The number of nitrogen functional groups attached to an aromatic ring is 1. The normalized spacial score (nSPS) is 30.2. The lowest BCUT2D eigenvalue weighted by molar-refractivity contribution is 0.552. The van der Waals surface area contributed by atoms with E-state index in [0.717, 1.165) is 30.3 Å². The topological polar surface area (TPSA) is 76.3 Å². The number of aromatic nitrogens is 1. The number of piperidine rings is 1. The van der Waals surface area contributed by atoms with Crippen LogP contribution in [0.1, 0.15) is 32.1 Å². The molecule has 3 fully saturated rings. The molecule has 2 atom stereocenters. The van der Waals surface area contributed by atoms with E-state index in [2.05, 4.69) is 9.27 Å². The molecule has 1 aliphatic heterocycles. The van der Waals surface area contributed by atoms with Gasteiger partial charge in [-0.15, -0.1) is 0 Å². The molecule has 0 spiro atoms. The number of fused-ring (bicyclic) bond motifs is 2. The number of nitrogens with two attached hydrogens (primary N) is 1. The molecule has 0 aromatic carbocycles. The second kappa shape index (κ2) is 3.85. The molecule has 19 heavy (non-hydrogen) atoms. The molecule has 1 aromatic heterocycles. The summed E-state index contributed by atoms with van der Waals surface area (Å²) in [4.78, 5) is 2.57. The Hall–Kier alpha value is -0.820. The highest BCUT2D eigenvalue weighted by atomic mass is 32.2. The first-order chi connectivity index (χ1) is 9.07. The molecule has 7 heteroatoms. The van der Waals surface area contributed by atoms with Crippen LogP contribution in [0, 0.1) is 5.92 Å². The highest BCUT2D eigenvalue weighted by Gasteiger charge is 2.45. The first kappa shape index (κ1) is 12.0. The third-order valence-corrected chi connectivity index (χ3v) is 7.92. The first-order valence-corrected chi connectivity index (χ1v) is 9.15. The highest BCUT2D eigenvalue weighted by molar-refractivity contribution is 7.92. The molecule has 0 amide bonds. The number of hydrogen-bond acceptors (Lipinski definition) is 6. The average Bonchev–Trinajstić information content (AvgIpc) is 2.87. The average molecular weight is 299 g/mol. The van der Waals surface area contributed by atoms with Gasteiger partial charge in [0.1, 0.15) is 9.90 Å². The van der Waals surface area contributed by atoms with Gasteiger partial charge in [0.25, 0.3) is 0 Å². The Morgan fingerprint density at radius 3 is 2.63 bits per heavy atom. The summed E-state index contributed by atoms with van der Waals surface area (Å²) in [7, 11) is -3.26. The summed E-state index contributed by atoms with van der Waals surface area (Å²) >= 11 is 1.26. The third kappa shape index (κ3) is 1.71. The van der Waals surface area contributed by atoms with Gasteiger partial charge >= 0.3 is 0 Å². The monoisotopic (exact) mass is 299 g/mol. The maximum atomic E-state index is 12.5. The van der Waals surface area contributed by atoms with Gasteiger partial charge in [-0.1, -0.05) is 0 Å². The minimum absolute atomic E-state index is 0.203. The van der Waals surface area contributed by atoms with Gasteiger partial charge in [0, 0.05) is 12.6 Å². The van der Waals surface area contributed by atoms with Crippen molar-refractivity contribution in [2.24, 2.45) is 5.92 Å². The van der Waals surface area contributed by atoms with Crippen LogP contribution in [0.5, 0.6) is 0 Å². The molecule has 2 heterocycles. The van der Waals surface area contributed by atoms with Gasteiger partial charge in [0.05, 0.1) is 5.25 Å². The molecule has 2 saturated carbocycles. The minimum atomic E-state index is -3.26. The van der Waals surface area contributed by atoms with Crippen LogP contribution in [-0.4, -0.2) is 30.6 Å². The van der Waals surface area contributed by atoms with Crippen molar-refractivity contribution in [3.8, 4) is 0 Å². The van der Waals surface area contributed by atoms with Gasteiger partial charge in [0.2, 0.25) is 0 Å². The second-order valence-electron chi connectivity index (χ2n) is 5.93. The zero-order valence-electron chi connectivity index (χ0n) is 10.6. The smallest absolute Gasteiger partial charge is 0.187 e. The van der Waals surface area contributed by atoms with Crippen molar-refractivity contribution in [3.05, 3.63) is 0 Å². The van der Waals surface area contributed by atoms with Crippen molar-refractivity contribution in [3.63, 3.8) is 0 Å². The molecule has 2 bridgehead atoms. The molecule has 4 rings (SSSR count). The number of rotatable bonds is 3. The molecule has 5 nitrogen and oxygen atoms in total. The number of hydrogen-bond donors (Lipinski definition) is 1. The summed E-state index contributed by atoms with van der Waals surface area (Å²) < 4.78 is 29.2. The zero-order valence-corrected chi connectivity index (χ0v) is 12.2. The van der Waals surface area contributed by atoms with Crippen LogP contribution in [0.25, 0.3) is 0 Å². The number of anilines is 2.